The van der Waals surface area contributed by atoms with Crippen LogP contribution < -0.4 is 14.4 Å². The Kier molecular flexibility index (Phi) is 3.03. The molecule has 112 valence electrons. The molecule has 2 aromatic carbocycles. The van der Waals surface area contributed by atoms with Gasteiger partial charge in [0.2, 0.25) is 6.10 Å². The summed E-state index contributed by atoms with van der Waals surface area (Å²) in [6, 6.07) is 15.6. The van der Waals surface area contributed by atoms with Gasteiger partial charge in [-0.15, -0.1) is 0 Å². The van der Waals surface area contributed by atoms with Gasteiger partial charge in [-0.3, -0.25) is 4.79 Å². The fraction of sp³-hybridized carbons (Fsp3) is 0.278. The van der Waals surface area contributed by atoms with Gasteiger partial charge in [-0.1, -0.05) is 30.3 Å². The molecule has 2 heterocycles. The highest BCUT2D eigenvalue weighted by Crippen LogP contribution is 2.35. The summed E-state index contributed by atoms with van der Waals surface area (Å²) in [6.07, 6.45) is 0.287. The zero-order chi connectivity index (χ0) is 15.1. The second kappa shape index (κ2) is 5.05. The quantitative estimate of drug-likeness (QED) is 0.812. The van der Waals surface area contributed by atoms with E-state index in [2.05, 4.69) is 13.0 Å². The smallest absolute Gasteiger partial charge is 0.271 e. The third kappa shape index (κ3) is 2.03. The Bertz CT molecular complexity index is 728. The minimum absolute atomic E-state index is 0.0352. The molecular formula is C18H17NO3. The summed E-state index contributed by atoms with van der Waals surface area (Å²) in [5, 5.41) is 0. The van der Waals surface area contributed by atoms with Gasteiger partial charge in [-0.05, 0) is 37.1 Å². The normalized spacial score (nSPS) is 22.3. The molecule has 2 aromatic rings. The van der Waals surface area contributed by atoms with Crippen molar-refractivity contribution < 1.29 is 14.3 Å². The largest absolute Gasteiger partial charge is 0.485 e. The van der Waals surface area contributed by atoms with Crippen molar-refractivity contribution in [2.24, 2.45) is 0 Å². The van der Waals surface area contributed by atoms with Crippen LogP contribution in [-0.2, 0) is 11.2 Å². The van der Waals surface area contributed by atoms with Gasteiger partial charge in [-0.25, -0.2) is 0 Å². The van der Waals surface area contributed by atoms with Crippen molar-refractivity contribution >= 4 is 11.6 Å². The van der Waals surface area contributed by atoms with Crippen LogP contribution in [0.15, 0.2) is 48.5 Å². The van der Waals surface area contributed by atoms with Crippen molar-refractivity contribution in [3.8, 4) is 11.5 Å². The molecule has 0 bridgehead atoms. The van der Waals surface area contributed by atoms with E-state index in [4.69, 9.17) is 9.47 Å². The number of carbonyl (C=O) groups is 1. The van der Waals surface area contributed by atoms with Crippen LogP contribution >= 0.6 is 0 Å². The van der Waals surface area contributed by atoms with Gasteiger partial charge in [0.1, 0.15) is 6.61 Å². The van der Waals surface area contributed by atoms with Crippen LogP contribution in [0.5, 0.6) is 11.5 Å². The van der Waals surface area contributed by atoms with Gasteiger partial charge in [0.15, 0.2) is 11.5 Å². The summed E-state index contributed by atoms with van der Waals surface area (Å²) >= 11 is 0. The lowest BCUT2D eigenvalue weighted by Gasteiger charge is -2.31. The van der Waals surface area contributed by atoms with Crippen LogP contribution in [-0.4, -0.2) is 24.7 Å². The molecule has 1 amide bonds. The molecule has 0 unspecified atom stereocenters. The Morgan fingerprint density at radius 2 is 1.82 bits per heavy atom. The van der Waals surface area contributed by atoms with Crippen LogP contribution in [0.3, 0.4) is 0 Å². The third-order valence-corrected chi connectivity index (χ3v) is 4.23. The van der Waals surface area contributed by atoms with Gasteiger partial charge in [0.05, 0.1) is 0 Å². The second-order valence-electron chi connectivity index (χ2n) is 5.75. The molecule has 0 fully saturated rings. The van der Waals surface area contributed by atoms with Crippen LogP contribution in [0.2, 0.25) is 0 Å². The standard InChI is InChI=1S/C18H17NO3/c1-12-10-13-6-2-3-7-14(13)19(12)18(20)17-11-21-15-8-4-5-9-16(15)22-17/h2-9,12,17H,10-11H2,1H3/t12-,17-/m1/s1. The molecular weight excluding hydrogens is 278 g/mol. The van der Waals surface area contributed by atoms with Gasteiger partial charge in [0.25, 0.3) is 5.91 Å². The minimum Gasteiger partial charge on any atom is -0.485 e. The molecule has 2 atom stereocenters. The Balaban J connectivity index is 1.61. The first-order chi connectivity index (χ1) is 10.7. The van der Waals surface area contributed by atoms with E-state index in [0.29, 0.717) is 11.5 Å². The number of rotatable bonds is 1. The van der Waals surface area contributed by atoms with Gasteiger partial charge >= 0.3 is 0 Å². The molecule has 2 aliphatic heterocycles. The molecule has 0 aliphatic carbocycles. The number of hydrogen-bond donors (Lipinski definition) is 0. The summed E-state index contributed by atoms with van der Waals surface area (Å²) in [6.45, 7) is 2.32. The van der Waals surface area contributed by atoms with Crippen molar-refractivity contribution in [3.63, 3.8) is 0 Å². The second-order valence-corrected chi connectivity index (χ2v) is 5.75. The predicted octanol–water partition coefficient (Wildman–Crippen LogP) is 2.80. The molecule has 0 aromatic heterocycles. The maximum atomic E-state index is 12.9. The number of ether oxygens (including phenoxy) is 2. The van der Waals surface area contributed by atoms with Crippen molar-refractivity contribution in [3.05, 3.63) is 54.1 Å². The number of anilines is 1. The van der Waals surface area contributed by atoms with Crippen molar-refractivity contribution in [1.82, 2.24) is 0 Å². The van der Waals surface area contributed by atoms with E-state index in [1.807, 2.05) is 47.4 Å². The molecule has 4 nitrogen and oxygen atoms in total. The van der Waals surface area contributed by atoms with E-state index < -0.39 is 6.10 Å². The number of amides is 1. The Morgan fingerprint density at radius 3 is 2.68 bits per heavy atom. The van der Waals surface area contributed by atoms with E-state index in [0.717, 1.165) is 12.1 Å². The number of para-hydroxylation sites is 3. The Labute approximate surface area is 129 Å². The van der Waals surface area contributed by atoms with Gasteiger partial charge in [-0.2, -0.15) is 0 Å². The summed E-state index contributed by atoms with van der Waals surface area (Å²) in [5.41, 5.74) is 2.20. The highest BCUT2D eigenvalue weighted by Gasteiger charge is 2.37. The third-order valence-electron chi connectivity index (χ3n) is 4.23. The van der Waals surface area contributed by atoms with Crippen LogP contribution in [0, 0.1) is 0 Å². The summed E-state index contributed by atoms with van der Waals surface area (Å²) in [5.74, 6) is 1.29. The molecule has 4 heteroatoms. The fourth-order valence-corrected chi connectivity index (χ4v) is 3.20. The molecule has 0 spiro atoms. The van der Waals surface area contributed by atoms with E-state index in [1.54, 1.807) is 0 Å². The first-order valence-corrected chi connectivity index (χ1v) is 7.53. The average molecular weight is 295 g/mol. The van der Waals surface area contributed by atoms with Gasteiger partial charge < -0.3 is 14.4 Å². The number of fused-ring (bicyclic) bond motifs is 2. The zero-order valence-electron chi connectivity index (χ0n) is 12.4. The Hall–Kier alpha value is -2.49. The zero-order valence-corrected chi connectivity index (χ0v) is 12.4. The first kappa shape index (κ1) is 13.2. The van der Waals surface area contributed by atoms with Crippen molar-refractivity contribution in [2.45, 2.75) is 25.5 Å². The van der Waals surface area contributed by atoms with Gasteiger partial charge in [0, 0.05) is 11.7 Å². The molecule has 2 aliphatic rings. The lowest BCUT2D eigenvalue weighted by Crippen LogP contribution is -2.48. The van der Waals surface area contributed by atoms with Crippen LogP contribution in [0.1, 0.15) is 12.5 Å². The molecule has 0 radical (unpaired) electrons. The molecule has 0 saturated carbocycles. The minimum atomic E-state index is -0.594. The summed E-state index contributed by atoms with van der Waals surface area (Å²) in [7, 11) is 0. The SMILES string of the molecule is C[C@@H]1Cc2ccccc2N1C(=O)[C@H]1COc2ccccc2O1. The maximum Gasteiger partial charge on any atom is 0.271 e. The van der Waals surface area contributed by atoms with E-state index in [1.165, 1.54) is 5.56 Å². The highest BCUT2D eigenvalue weighted by atomic mass is 16.6. The van der Waals surface area contributed by atoms with Crippen LogP contribution in [0.25, 0.3) is 0 Å². The summed E-state index contributed by atoms with van der Waals surface area (Å²) < 4.78 is 11.5. The number of nitrogens with zero attached hydrogens (tertiary/aromatic N) is 1. The van der Waals surface area contributed by atoms with Crippen molar-refractivity contribution in [1.29, 1.82) is 0 Å². The highest BCUT2D eigenvalue weighted by molar-refractivity contribution is 5.99. The first-order valence-electron chi connectivity index (χ1n) is 7.53. The Morgan fingerprint density at radius 1 is 1.09 bits per heavy atom. The predicted molar refractivity (Wildman–Crippen MR) is 83.4 cm³/mol. The summed E-state index contributed by atoms with van der Waals surface area (Å²) in [4.78, 5) is 14.7. The molecule has 22 heavy (non-hydrogen) atoms. The monoisotopic (exact) mass is 295 g/mol. The molecule has 0 saturated heterocycles. The van der Waals surface area contributed by atoms with E-state index >= 15 is 0 Å². The topological polar surface area (TPSA) is 38.8 Å². The average Bonchev–Trinajstić information content (AvgIpc) is 2.89. The van der Waals surface area contributed by atoms with E-state index in [9.17, 15) is 4.79 Å². The van der Waals surface area contributed by atoms with Crippen molar-refractivity contribution in [2.75, 3.05) is 11.5 Å². The molecule has 0 N–H and O–H groups in total. The maximum absolute atomic E-state index is 12.9. The lowest BCUT2D eigenvalue weighted by molar-refractivity contribution is -0.127. The number of carbonyl (C=O) groups excluding carboxylic acids is 1. The molecule has 4 rings (SSSR count). The number of hydrogen-bond acceptors (Lipinski definition) is 3. The van der Waals surface area contributed by atoms with E-state index in [-0.39, 0.29) is 18.6 Å². The number of benzene rings is 2. The lowest BCUT2D eigenvalue weighted by atomic mass is 10.1. The fourth-order valence-electron chi connectivity index (χ4n) is 3.20. The van der Waals surface area contributed by atoms with Crippen LogP contribution in [0.4, 0.5) is 5.69 Å².